The third-order valence-electron chi connectivity index (χ3n) is 1.49. The predicted octanol–water partition coefficient (Wildman–Crippen LogP) is 2.18. The van der Waals surface area contributed by atoms with Gasteiger partial charge in [0.2, 0.25) is 0 Å². The van der Waals surface area contributed by atoms with E-state index in [-0.39, 0.29) is 0 Å². The second kappa shape index (κ2) is 4.05. The number of benzene rings is 1. The van der Waals surface area contributed by atoms with E-state index in [4.69, 9.17) is 5.26 Å². The van der Waals surface area contributed by atoms with Gasteiger partial charge in [-0.15, -0.1) is 0 Å². The molecule has 1 nitrogen and oxygen atoms in total. The van der Waals surface area contributed by atoms with Crippen LogP contribution >= 0.6 is 12.6 Å². The maximum absolute atomic E-state index is 8.38. The number of nitrogens with zero attached hydrogens (tertiary/aromatic N) is 1. The van der Waals surface area contributed by atoms with Crippen LogP contribution in [-0.4, -0.2) is 0 Å². The molecule has 0 aliphatic carbocycles. The van der Waals surface area contributed by atoms with E-state index >= 15 is 0 Å². The molecule has 0 amide bonds. The first kappa shape index (κ1) is 8.16. The molecule has 0 heterocycles. The number of hydrogen-bond acceptors (Lipinski definition) is 2. The lowest BCUT2D eigenvalue weighted by molar-refractivity contribution is 1.25. The molecule has 0 aliphatic heterocycles. The van der Waals surface area contributed by atoms with E-state index in [0.29, 0.717) is 6.42 Å². The van der Waals surface area contributed by atoms with E-state index < -0.39 is 0 Å². The lowest BCUT2D eigenvalue weighted by atomic mass is 10.1. The molecule has 0 saturated heterocycles. The molecule has 1 rings (SSSR count). The molecular weight excluding hydrogens is 154 g/mol. The van der Waals surface area contributed by atoms with Crippen LogP contribution in [0.15, 0.2) is 24.3 Å². The molecule has 2 heteroatoms. The zero-order valence-corrected chi connectivity index (χ0v) is 7.01. The van der Waals surface area contributed by atoms with Crippen LogP contribution in [0.4, 0.5) is 0 Å². The van der Waals surface area contributed by atoms with Crippen molar-refractivity contribution >= 4 is 12.6 Å². The molecule has 0 saturated carbocycles. The summed E-state index contributed by atoms with van der Waals surface area (Å²) in [6.07, 6.45) is 0.493. The van der Waals surface area contributed by atoms with Gasteiger partial charge in [0.1, 0.15) is 0 Å². The highest BCUT2D eigenvalue weighted by molar-refractivity contribution is 7.79. The lowest BCUT2D eigenvalue weighted by Crippen LogP contribution is -1.82. The van der Waals surface area contributed by atoms with Crippen LogP contribution in [0.1, 0.15) is 11.1 Å². The second-order valence-electron chi connectivity index (χ2n) is 2.31. The van der Waals surface area contributed by atoms with Crippen LogP contribution in [0.25, 0.3) is 0 Å². The van der Waals surface area contributed by atoms with Gasteiger partial charge in [0.05, 0.1) is 12.5 Å². The average molecular weight is 163 g/mol. The Balaban J connectivity index is 2.76. The van der Waals surface area contributed by atoms with Crippen molar-refractivity contribution in [1.82, 2.24) is 0 Å². The lowest BCUT2D eigenvalue weighted by Gasteiger charge is -1.96. The SMILES string of the molecule is N#CCc1ccc(CS)cc1. The molecule has 0 atom stereocenters. The van der Waals surface area contributed by atoms with Crippen molar-refractivity contribution in [3.05, 3.63) is 35.4 Å². The van der Waals surface area contributed by atoms with Crippen LogP contribution in [0.2, 0.25) is 0 Å². The Kier molecular flexibility index (Phi) is 3.00. The Hall–Kier alpha value is -0.940. The number of nitriles is 1. The summed E-state index contributed by atoms with van der Waals surface area (Å²) in [5.74, 6) is 0.757. The monoisotopic (exact) mass is 163 g/mol. The summed E-state index contributed by atoms with van der Waals surface area (Å²) in [6, 6.07) is 10.0. The molecule has 0 aliphatic rings. The minimum atomic E-state index is 0.493. The van der Waals surface area contributed by atoms with E-state index in [1.54, 1.807) is 0 Å². The fourth-order valence-corrected chi connectivity index (χ4v) is 1.06. The summed E-state index contributed by atoms with van der Waals surface area (Å²) < 4.78 is 0. The number of hydrogen-bond donors (Lipinski definition) is 1. The van der Waals surface area contributed by atoms with Gasteiger partial charge in [0.25, 0.3) is 0 Å². The van der Waals surface area contributed by atoms with Gasteiger partial charge in [-0.2, -0.15) is 17.9 Å². The van der Waals surface area contributed by atoms with Gasteiger partial charge in [0.15, 0.2) is 0 Å². The fraction of sp³-hybridized carbons (Fsp3) is 0.222. The summed E-state index contributed by atoms with van der Waals surface area (Å²) in [6.45, 7) is 0. The van der Waals surface area contributed by atoms with Crippen molar-refractivity contribution in [3.63, 3.8) is 0 Å². The fourth-order valence-electron chi connectivity index (χ4n) is 0.854. The highest BCUT2D eigenvalue weighted by Crippen LogP contribution is 2.06. The molecule has 0 aromatic heterocycles. The maximum Gasteiger partial charge on any atom is 0.0669 e. The van der Waals surface area contributed by atoms with Gasteiger partial charge in [-0.05, 0) is 11.1 Å². The Bertz CT molecular complexity index is 258. The van der Waals surface area contributed by atoms with Crippen LogP contribution in [0.3, 0.4) is 0 Å². The summed E-state index contributed by atoms with van der Waals surface area (Å²) in [7, 11) is 0. The summed E-state index contributed by atoms with van der Waals surface area (Å²) in [5, 5.41) is 8.38. The standard InChI is InChI=1S/C9H9NS/c10-6-5-8-1-3-9(7-11)4-2-8/h1-4,11H,5,7H2. The molecule has 0 unspecified atom stereocenters. The van der Waals surface area contributed by atoms with Crippen molar-refractivity contribution in [1.29, 1.82) is 5.26 Å². The van der Waals surface area contributed by atoms with Crippen LogP contribution in [-0.2, 0) is 12.2 Å². The van der Waals surface area contributed by atoms with Gasteiger partial charge in [-0.25, -0.2) is 0 Å². The highest BCUT2D eigenvalue weighted by Gasteiger charge is 1.90. The Morgan fingerprint density at radius 2 is 1.73 bits per heavy atom. The topological polar surface area (TPSA) is 23.8 Å². The van der Waals surface area contributed by atoms with Crippen molar-refractivity contribution in [2.75, 3.05) is 0 Å². The van der Waals surface area contributed by atoms with Gasteiger partial charge in [0, 0.05) is 5.75 Å². The van der Waals surface area contributed by atoms with E-state index in [2.05, 4.69) is 18.7 Å². The second-order valence-corrected chi connectivity index (χ2v) is 2.63. The third-order valence-corrected chi connectivity index (χ3v) is 1.85. The molecule has 1 aromatic rings. The first-order valence-corrected chi connectivity index (χ1v) is 4.05. The molecule has 0 fully saturated rings. The van der Waals surface area contributed by atoms with Gasteiger partial charge in [-0.3, -0.25) is 0 Å². The molecule has 56 valence electrons. The molecule has 0 radical (unpaired) electrons. The highest BCUT2D eigenvalue weighted by atomic mass is 32.1. The maximum atomic E-state index is 8.38. The Morgan fingerprint density at radius 3 is 2.18 bits per heavy atom. The van der Waals surface area contributed by atoms with Crippen LogP contribution in [0.5, 0.6) is 0 Å². The van der Waals surface area contributed by atoms with E-state index in [0.717, 1.165) is 11.3 Å². The van der Waals surface area contributed by atoms with Gasteiger partial charge >= 0.3 is 0 Å². The van der Waals surface area contributed by atoms with E-state index in [1.807, 2.05) is 24.3 Å². The van der Waals surface area contributed by atoms with Crippen molar-refractivity contribution in [3.8, 4) is 6.07 Å². The summed E-state index contributed by atoms with van der Waals surface area (Å²) >= 11 is 4.13. The zero-order valence-electron chi connectivity index (χ0n) is 6.12. The van der Waals surface area contributed by atoms with E-state index in [9.17, 15) is 0 Å². The molecule has 0 spiro atoms. The van der Waals surface area contributed by atoms with Crippen LogP contribution in [0, 0.1) is 11.3 Å². The zero-order chi connectivity index (χ0) is 8.10. The van der Waals surface area contributed by atoms with Gasteiger partial charge in [-0.1, -0.05) is 24.3 Å². The number of thiol groups is 1. The molecule has 0 bridgehead atoms. The van der Waals surface area contributed by atoms with Crippen molar-refractivity contribution < 1.29 is 0 Å². The van der Waals surface area contributed by atoms with Gasteiger partial charge < -0.3 is 0 Å². The summed E-state index contributed by atoms with van der Waals surface area (Å²) in [4.78, 5) is 0. The number of rotatable bonds is 2. The van der Waals surface area contributed by atoms with Crippen molar-refractivity contribution in [2.24, 2.45) is 0 Å². The van der Waals surface area contributed by atoms with Crippen LogP contribution < -0.4 is 0 Å². The molecule has 11 heavy (non-hydrogen) atoms. The quantitative estimate of drug-likeness (QED) is 0.664. The van der Waals surface area contributed by atoms with E-state index in [1.165, 1.54) is 5.56 Å². The molecule has 0 N–H and O–H groups in total. The predicted molar refractivity (Wildman–Crippen MR) is 48.4 cm³/mol. The minimum absolute atomic E-state index is 0.493. The molecular formula is C9H9NS. The summed E-state index contributed by atoms with van der Waals surface area (Å²) in [5.41, 5.74) is 2.26. The smallest absolute Gasteiger partial charge is 0.0669 e. The van der Waals surface area contributed by atoms with Crippen molar-refractivity contribution in [2.45, 2.75) is 12.2 Å². The minimum Gasteiger partial charge on any atom is -0.198 e. The largest absolute Gasteiger partial charge is 0.198 e. The Morgan fingerprint density at radius 1 is 1.18 bits per heavy atom. The molecule has 1 aromatic carbocycles. The Labute approximate surface area is 72.1 Å². The first-order valence-electron chi connectivity index (χ1n) is 3.42. The third kappa shape index (κ3) is 2.28. The average Bonchev–Trinajstić information content (AvgIpc) is 2.07. The normalized spacial score (nSPS) is 9.09. The first-order chi connectivity index (χ1) is 5.36.